The van der Waals surface area contributed by atoms with E-state index in [4.69, 9.17) is 0 Å². The van der Waals surface area contributed by atoms with E-state index in [1.807, 2.05) is 17.7 Å². The van der Waals surface area contributed by atoms with Gasteiger partial charge in [-0.2, -0.15) is 0 Å². The van der Waals surface area contributed by atoms with Gasteiger partial charge in [0.2, 0.25) is 0 Å². The molecule has 0 radical (unpaired) electrons. The Hall–Kier alpha value is -0.570. The molecular formula is C7H10FNS. The first-order valence-corrected chi connectivity index (χ1v) is 4.11. The summed E-state index contributed by atoms with van der Waals surface area (Å²) in [6.07, 6.45) is 0. The highest BCUT2D eigenvalue weighted by atomic mass is 32.1. The number of hydrogen-bond donors (Lipinski definition) is 1. The second kappa shape index (κ2) is 3.56. The fraction of sp³-hybridized carbons (Fsp3) is 0.429. The van der Waals surface area contributed by atoms with Crippen LogP contribution in [0, 0.1) is 6.92 Å². The number of thiophene rings is 1. The zero-order valence-corrected chi connectivity index (χ0v) is 6.67. The van der Waals surface area contributed by atoms with Gasteiger partial charge in [0.1, 0.15) is 6.67 Å². The van der Waals surface area contributed by atoms with Gasteiger partial charge in [-0.3, -0.25) is 0 Å². The average Bonchev–Trinajstić information content (AvgIpc) is 2.31. The second-order valence-corrected chi connectivity index (χ2v) is 2.83. The molecule has 0 saturated carbocycles. The minimum absolute atomic E-state index is 0.310. The lowest BCUT2D eigenvalue weighted by Gasteiger charge is -2.00. The molecule has 56 valence electrons. The quantitative estimate of drug-likeness (QED) is 0.714. The van der Waals surface area contributed by atoms with Crippen molar-refractivity contribution in [1.82, 2.24) is 0 Å². The van der Waals surface area contributed by atoms with Gasteiger partial charge in [-0.1, -0.05) is 0 Å². The van der Waals surface area contributed by atoms with Gasteiger partial charge in [-0.15, -0.1) is 11.3 Å². The predicted molar refractivity (Wildman–Crippen MR) is 43.5 cm³/mol. The molecule has 0 aromatic carbocycles. The van der Waals surface area contributed by atoms with Crippen molar-refractivity contribution in [2.24, 2.45) is 0 Å². The van der Waals surface area contributed by atoms with Gasteiger partial charge < -0.3 is 5.32 Å². The van der Waals surface area contributed by atoms with E-state index in [0.29, 0.717) is 6.54 Å². The third-order valence-corrected chi connectivity index (χ3v) is 2.13. The standard InChI is InChI=1S/C7H10FNS/c1-6-4-10-5-7(6)9-3-2-8/h4-5,9H,2-3H2,1H3. The molecule has 3 heteroatoms. The Bertz CT molecular complexity index is 197. The van der Waals surface area contributed by atoms with Crippen molar-refractivity contribution < 1.29 is 4.39 Å². The summed E-state index contributed by atoms with van der Waals surface area (Å²) in [6.45, 7) is 2.12. The predicted octanol–water partition coefficient (Wildman–Crippen LogP) is 2.44. The molecule has 0 saturated heterocycles. The number of halogens is 1. The SMILES string of the molecule is Cc1cscc1NCCF. The second-order valence-electron chi connectivity index (χ2n) is 2.08. The fourth-order valence-electron chi connectivity index (χ4n) is 0.724. The van der Waals surface area contributed by atoms with Crippen LogP contribution in [0.4, 0.5) is 10.1 Å². The van der Waals surface area contributed by atoms with Crippen LogP contribution in [-0.4, -0.2) is 13.2 Å². The van der Waals surface area contributed by atoms with Crippen LogP contribution < -0.4 is 5.32 Å². The van der Waals surface area contributed by atoms with E-state index in [0.717, 1.165) is 5.69 Å². The van der Waals surface area contributed by atoms with Crippen LogP contribution in [0.5, 0.6) is 0 Å². The highest BCUT2D eigenvalue weighted by Gasteiger charge is 1.95. The lowest BCUT2D eigenvalue weighted by atomic mass is 10.3. The van der Waals surface area contributed by atoms with Gasteiger partial charge in [0.05, 0.1) is 0 Å². The number of nitrogens with one attached hydrogen (secondary N) is 1. The van der Waals surface area contributed by atoms with Crippen LogP contribution >= 0.6 is 11.3 Å². The number of aryl methyl sites for hydroxylation is 1. The maximum atomic E-state index is 11.7. The van der Waals surface area contributed by atoms with Crippen molar-refractivity contribution in [1.29, 1.82) is 0 Å². The molecule has 0 bridgehead atoms. The van der Waals surface area contributed by atoms with Crippen molar-refractivity contribution >= 4 is 17.0 Å². The molecule has 1 rings (SSSR count). The summed E-state index contributed by atoms with van der Waals surface area (Å²) in [7, 11) is 0. The van der Waals surface area contributed by atoms with Crippen molar-refractivity contribution in [2.75, 3.05) is 18.5 Å². The van der Waals surface area contributed by atoms with E-state index in [1.165, 1.54) is 5.56 Å². The van der Waals surface area contributed by atoms with Crippen LogP contribution in [0.25, 0.3) is 0 Å². The topological polar surface area (TPSA) is 12.0 Å². The van der Waals surface area contributed by atoms with Crippen LogP contribution in [0.15, 0.2) is 10.8 Å². The van der Waals surface area contributed by atoms with Gasteiger partial charge in [0, 0.05) is 17.6 Å². The molecule has 1 heterocycles. The summed E-state index contributed by atoms with van der Waals surface area (Å²) in [4.78, 5) is 0. The molecule has 0 aliphatic rings. The lowest BCUT2D eigenvalue weighted by Crippen LogP contribution is -2.02. The van der Waals surface area contributed by atoms with Gasteiger partial charge in [-0.25, -0.2) is 4.39 Å². The Balaban J connectivity index is 2.49. The average molecular weight is 159 g/mol. The van der Waals surface area contributed by atoms with E-state index in [1.54, 1.807) is 11.3 Å². The largest absolute Gasteiger partial charge is 0.382 e. The fourth-order valence-corrected chi connectivity index (χ4v) is 1.53. The molecule has 0 unspecified atom stereocenters. The molecule has 10 heavy (non-hydrogen) atoms. The maximum absolute atomic E-state index is 11.7. The molecule has 1 N–H and O–H groups in total. The summed E-state index contributed by atoms with van der Waals surface area (Å²) in [5, 5.41) is 7.01. The Labute approximate surface area is 63.9 Å². The van der Waals surface area contributed by atoms with Crippen molar-refractivity contribution in [3.05, 3.63) is 16.3 Å². The highest BCUT2D eigenvalue weighted by molar-refractivity contribution is 7.08. The minimum atomic E-state index is -0.310. The van der Waals surface area contributed by atoms with Gasteiger partial charge in [0.15, 0.2) is 0 Å². The molecule has 1 aromatic heterocycles. The minimum Gasteiger partial charge on any atom is -0.382 e. The summed E-state index contributed by atoms with van der Waals surface area (Å²) in [5.41, 5.74) is 2.25. The molecule has 0 atom stereocenters. The van der Waals surface area contributed by atoms with E-state index in [2.05, 4.69) is 5.32 Å². The zero-order valence-electron chi connectivity index (χ0n) is 5.86. The maximum Gasteiger partial charge on any atom is 0.107 e. The summed E-state index contributed by atoms with van der Waals surface area (Å²) < 4.78 is 11.7. The Morgan fingerprint density at radius 2 is 2.40 bits per heavy atom. The molecule has 0 spiro atoms. The van der Waals surface area contributed by atoms with Crippen molar-refractivity contribution in [3.8, 4) is 0 Å². The summed E-state index contributed by atoms with van der Waals surface area (Å²) >= 11 is 1.63. The molecule has 0 amide bonds. The van der Waals surface area contributed by atoms with Crippen LogP contribution in [0.3, 0.4) is 0 Å². The van der Waals surface area contributed by atoms with Gasteiger partial charge in [-0.05, 0) is 17.9 Å². The molecular weight excluding hydrogens is 149 g/mol. The zero-order chi connectivity index (χ0) is 7.40. The van der Waals surface area contributed by atoms with Crippen LogP contribution in [0.2, 0.25) is 0 Å². The van der Waals surface area contributed by atoms with E-state index < -0.39 is 0 Å². The first-order valence-electron chi connectivity index (χ1n) is 3.17. The summed E-state index contributed by atoms with van der Waals surface area (Å²) in [5.74, 6) is 0. The number of alkyl halides is 1. The van der Waals surface area contributed by atoms with Crippen molar-refractivity contribution in [2.45, 2.75) is 6.92 Å². The van der Waals surface area contributed by atoms with E-state index in [9.17, 15) is 4.39 Å². The van der Waals surface area contributed by atoms with E-state index >= 15 is 0 Å². The van der Waals surface area contributed by atoms with Crippen LogP contribution in [0.1, 0.15) is 5.56 Å². The molecule has 1 aromatic rings. The number of anilines is 1. The smallest absolute Gasteiger partial charge is 0.107 e. The Morgan fingerprint density at radius 1 is 1.60 bits per heavy atom. The lowest BCUT2D eigenvalue weighted by molar-refractivity contribution is 0.513. The molecule has 1 nitrogen and oxygen atoms in total. The first-order chi connectivity index (χ1) is 4.84. The number of rotatable bonds is 3. The normalized spacial score (nSPS) is 9.80. The highest BCUT2D eigenvalue weighted by Crippen LogP contribution is 2.18. The monoisotopic (exact) mass is 159 g/mol. The third-order valence-electron chi connectivity index (χ3n) is 1.27. The Morgan fingerprint density at radius 3 is 2.90 bits per heavy atom. The van der Waals surface area contributed by atoms with Gasteiger partial charge >= 0.3 is 0 Å². The summed E-state index contributed by atoms with van der Waals surface area (Å²) in [6, 6.07) is 0. The van der Waals surface area contributed by atoms with Crippen molar-refractivity contribution in [3.63, 3.8) is 0 Å². The molecule has 0 aliphatic carbocycles. The van der Waals surface area contributed by atoms with Crippen LogP contribution in [-0.2, 0) is 0 Å². The molecule has 0 fully saturated rings. The first kappa shape index (κ1) is 7.54. The number of hydrogen-bond acceptors (Lipinski definition) is 2. The van der Waals surface area contributed by atoms with Gasteiger partial charge in [0.25, 0.3) is 0 Å². The third kappa shape index (κ3) is 1.70. The molecule has 0 aliphatic heterocycles. The Kier molecular flexibility index (Phi) is 2.68. The van der Waals surface area contributed by atoms with E-state index in [-0.39, 0.29) is 6.67 Å².